The second kappa shape index (κ2) is 6.72. The number of rotatable bonds is 5. The number of hydrogen-bond acceptors (Lipinski definition) is 1. The molecule has 1 N–H and O–H groups in total. The molecule has 0 aliphatic heterocycles. The highest BCUT2D eigenvalue weighted by atomic mass is 19.2. The largest absolute Gasteiger partial charge is 0.313 e. The number of benzene rings is 2. The summed E-state index contributed by atoms with van der Waals surface area (Å²) in [7, 11) is 0. The van der Waals surface area contributed by atoms with Crippen molar-refractivity contribution >= 4 is 0 Å². The van der Waals surface area contributed by atoms with Crippen molar-refractivity contribution in [2.45, 2.75) is 19.9 Å². The normalized spacial score (nSPS) is 10.9. The second-order valence-corrected chi connectivity index (χ2v) is 4.73. The Kier molecular flexibility index (Phi) is 4.96. The highest BCUT2D eigenvalue weighted by Crippen LogP contribution is 2.27. The lowest BCUT2D eigenvalue weighted by atomic mass is 10.0. The van der Waals surface area contributed by atoms with Gasteiger partial charge in [-0.05, 0) is 36.7 Å². The van der Waals surface area contributed by atoms with Crippen molar-refractivity contribution in [1.82, 2.24) is 5.32 Å². The van der Waals surface area contributed by atoms with Gasteiger partial charge in [-0.3, -0.25) is 0 Å². The molecule has 2 aromatic carbocycles. The third-order valence-corrected chi connectivity index (χ3v) is 3.11. The lowest BCUT2D eigenvalue weighted by molar-refractivity contribution is 0.496. The van der Waals surface area contributed by atoms with E-state index in [9.17, 15) is 17.6 Å². The Labute approximate surface area is 120 Å². The molecule has 0 bridgehead atoms. The predicted molar refractivity (Wildman–Crippen MR) is 73.7 cm³/mol. The van der Waals surface area contributed by atoms with Crippen LogP contribution in [0.3, 0.4) is 0 Å². The molecule has 0 spiro atoms. The summed E-state index contributed by atoms with van der Waals surface area (Å²) < 4.78 is 53.6. The maximum Gasteiger partial charge on any atom is 0.161 e. The standard InChI is InChI=1S/C16H15F4N/c1-2-5-21-9-11-6-10(3-4-13(11)17)12-7-15(19)16(20)8-14(12)18/h3-4,6-8,21H,2,5,9H2,1H3. The average molecular weight is 297 g/mol. The zero-order chi connectivity index (χ0) is 15.4. The molecule has 0 radical (unpaired) electrons. The Morgan fingerprint density at radius 2 is 1.57 bits per heavy atom. The molecule has 1 nitrogen and oxygen atoms in total. The van der Waals surface area contributed by atoms with Crippen molar-refractivity contribution in [3.05, 3.63) is 59.2 Å². The molecule has 0 saturated carbocycles. The average Bonchev–Trinajstić information content (AvgIpc) is 2.45. The molecule has 0 heterocycles. The van der Waals surface area contributed by atoms with Crippen molar-refractivity contribution in [1.29, 1.82) is 0 Å². The smallest absolute Gasteiger partial charge is 0.161 e. The van der Waals surface area contributed by atoms with Gasteiger partial charge >= 0.3 is 0 Å². The van der Waals surface area contributed by atoms with E-state index in [4.69, 9.17) is 0 Å². The van der Waals surface area contributed by atoms with E-state index in [-0.39, 0.29) is 5.56 Å². The van der Waals surface area contributed by atoms with Gasteiger partial charge in [0.1, 0.15) is 11.6 Å². The van der Waals surface area contributed by atoms with E-state index in [0.29, 0.717) is 23.7 Å². The first kappa shape index (κ1) is 15.5. The molecule has 5 heteroatoms. The molecule has 112 valence electrons. The van der Waals surface area contributed by atoms with Crippen LogP contribution in [0.5, 0.6) is 0 Å². The highest BCUT2D eigenvalue weighted by molar-refractivity contribution is 5.65. The zero-order valence-corrected chi connectivity index (χ0v) is 11.5. The fourth-order valence-corrected chi connectivity index (χ4v) is 2.02. The first-order valence-corrected chi connectivity index (χ1v) is 6.67. The van der Waals surface area contributed by atoms with Crippen molar-refractivity contribution in [2.24, 2.45) is 0 Å². The van der Waals surface area contributed by atoms with Gasteiger partial charge in [-0.2, -0.15) is 0 Å². The Hall–Kier alpha value is -1.88. The summed E-state index contributed by atoms with van der Waals surface area (Å²) in [6.45, 7) is 3.00. The maximum absolute atomic E-state index is 13.7. The van der Waals surface area contributed by atoms with Crippen LogP contribution in [0.15, 0.2) is 30.3 Å². The predicted octanol–water partition coefficient (Wildman–Crippen LogP) is 4.41. The Bertz CT molecular complexity index is 640. The Morgan fingerprint density at radius 1 is 0.857 bits per heavy atom. The fourth-order valence-electron chi connectivity index (χ4n) is 2.02. The van der Waals surface area contributed by atoms with Gasteiger partial charge in [0.2, 0.25) is 0 Å². The summed E-state index contributed by atoms with van der Waals surface area (Å²) in [5.41, 5.74) is 0.567. The SMILES string of the molecule is CCCNCc1cc(-c2cc(F)c(F)cc2F)ccc1F. The van der Waals surface area contributed by atoms with Crippen molar-refractivity contribution in [3.8, 4) is 11.1 Å². The topological polar surface area (TPSA) is 12.0 Å². The van der Waals surface area contributed by atoms with Crippen LogP contribution >= 0.6 is 0 Å². The van der Waals surface area contributed by atoms with Gasteiger partial charge in [0.25, 0.3) is 0 Å². The first-order chi connectivity index (χ1) is 10.0. The van der Waals surface area contributed by atoms with Crippen LogP contribution in [0.25, 0.3) is 11.1 Å². The number of hydrogen-bond donors (Lipinski definition) is 1. The van der Waals surface area contributed by atoms with Crippen LogP contribution in [-0.2, 0) is 6.54 Å². The lowest BCUT2D eigenvalue weighted by Gasteiger charge is -2.09. The first-order valence-electron chi connectivity index (χ1n) is 6.67. The minimum atomic E-state index is -1.25. The van der Waals surface area contributed by atoms with Gasteiger partial charge in [-0.15, -0.1) is 0 Å². The molecule has 0 aliphatic rings. The van der Waals surface area contributed by atoms with E-state index in [0.717, 1.165) is 19.0 Å². The summed E-state index contributed by atoms with van der Waals surface area (Å²) >= 11 is 0. The molecule has 2 rings (SSSR count). The molecular formula is C16H15F4N. The molecule has 0 amide bonds. The lowest BCUT2D eigenvalue weighted by Crippen LogP contribution is -2.14. The summed E-state index contributed by atoms with van der Waals surface area (Å²) in [5, 5.41) is 3.04. The summed E-state index contributed by atoms with van der Waals surface area (Å²) in [5.74, 6) is -3.69. The Balaban J connectivity index is 2.36. The van der Waals surface area contributed by atoms with E-state index < -0.39 is 23.3 Å². The minimum absolute atomic E-state index is 0.0920. The van der Waals surface area contributed by atoms with E-state index >= 15 is 0 Å². The van der Waals surface area contributed by atoms with Gasteiger partial charge in [-0.25, -0.2) is 17.6 Å². The van der Waals surface area contributed by atoms with Gasteiger partial charge in [0.05, 0.1) is 0 Å². The van der Waals surface area contributed by atoms with Crippen molar-refractivity contribution in [3.63, 3.8) is 0 Å². The number of halogens is 4. The summed E-state index contributed by atoms with van der Waals surface area (Å²) in [4.78, 5) is 0. The summed E-state index contributed by atoms with van der Waals surface area (Å²) in [6.07, 6.45) is 0.902. The molecule has 0 fully saturated rings. The van der Waals surface area contributed by atoms with Crippen LogP contribution < -0.4 is 5.32 Å². The molecule has 2 aromatic rings. The van der Waals surface area contributed by atoms with Gasteiger partial charge in [-0.1, -0.05) is 13.0 Å². The molecule has 0 atom stereocenters. The van der Waals surface area contributed by atoms with E-state index in [1.165, 1.54) is 18.2 Å². The van der Waals surface area contributed by atoms with Gasteiger partial charge in [0, 0.05) is 23.7 Å². The van der Waals surface area contributed by atoms with Crippen LogP contribution in [-0.4, -0.2) is 6.54 Å². The van der Waals surface area contributed by atoms with E-state index in [1.807, 2.05) is 6.92 Å². The van der Waals surface area contributed by atoms with Crippen LogP contribution in [0.4, 0.5) is 17.6 Å². The zero-order valence-electron chi connectivity index (χ0n) is 11.5. The quantitative estimate of drug-likeness (QED) is 0.490. The van der Waals surface area contributed by atoms with Crippen LogP contribution in [0, 0.1) is 23.3 Å². The third kappa shape index (κ3) is 3.61. The highest BCUT2D eigenvalue weighted by Gasteiger charge is 2.13. The molecule has 0 saturated heterocycles. The van der Waals surface area contributed by atoms with E-state index in [1.54, 1.807) is 0 Å². The fraction of sp³-hybridized carbons (Fsp3) is 0.250. The third-order valence-electron chi connectivity index (χ3n) is 3.11. The van der Waals surface area contributed by atoms with Crippen molar-refractivity contribution in [2.75, 3.05) is 6.54 Å². The molecule has 21 heavy (non-hydrogen) atoms. The second-order valence-electron chi connectivity index (χ2n) is 4.73. The monoisotopic (exact) mass is 297 g/mol. The van der Waals surface area contributed by atoms with Gasteiger partial charge in [0.15, 0.2) is 11.6 Å². The van der Waals surface area contributed by atoms with Crippen LogP contribution in [0.1, 0.15) is 18.9 Å². The molecular weight excluding hydrogens is 282 g/mol. The summed E-state index contributed by atoms with van der Waals surface area (Å²) in [6, 6.07) is 5.24. The van der Waals surface area contributed by atoms with Crippen LogP contribution in [0.2, 0.25) is 0 Å². The van der Waals surface area contributed by atoms with Gasteiger partial charge < -0.3 is 5.32 Å². The number of nitrogens with one attached hydrogen (secondary N) is 1. The van der Waals surface area contributed by atoms with Crippen molar-refractivity contribution < 1.29 is 17.6 Å². The Morgan fingerprint density at radius 3 is 2.29 bits per heavy atom. The maximum atomic E-state index is 13.7. The molecule has 0 aliphatic carbocycles. The molecule has 0 unspecified atom stereocenters. The minimum Gasteiger partial charge on any atom is -0.313 e. The molecule has 0 aromatic heterocycles. The van der Waals surface area contributed by atoms with E-state index in [2.05, 4.69) is 5.32 Å².